The molecule has 0 aliphatic carbocycles. The lowest BCUT2D eigenvalue weighted by Crippen LogP contribution is -2.12. The average Bonchev–Trinajstić information content (AvgIpc) is 2.63. The number of rotatable bonds is 4. The minimum atomic E-state index is -0.166. The lowest BCUT2D eigenvalue weighted by molar-refractivity contribution is 0.619. The maximum Gasteiger partial charge on any atom is 0.123 e. The first kappa shape index (κ1) is 13.2. The van der Waals surface area contributed by atoms with Crippen LogP contribution < -0.4 is 5.32 Å². The predicted molar refractivity (Wildman–Crippen MR) is 75.5 cm³/mol. The molecule has 0 aliphatic heterocycles. The second-order valence-corrected chi connectivity index (χ2v) is 5.97. The van der Waals surface area contributed by atoms with Gasteiger partial charge < -0.3 is 5.32 Å². The molecule has 0 fully saturated rings. The minimum absolute atomic E-state index is 0.166. The highest BCUT2D eigenvalue weighted by atomic mass is 32.1. The molecule has 0 radical (unpaired) electrons. The molecule has 1 nitrogen and oxygen atoms in total. The molecular weight excluding hydrogens is 245 g/mol. The first-order valence-corrected chi connectivity index (χ1v) is 6.89. The monoisotopic (exact) mass is 263 g/mol. The van der Waals surface area contributed by atoms with Crippen LogP contribution in [0.15, 0.2) is 24.3 Å². The van der Waals surface area contributed by atoms with Crippen LogP contribution in [0.25, 0.3) is 0 Å². The van der Waals surface area contributed by atoms with Gasteiger partial charge in [-0.1, -0.05) is 6.07 Å². The van der Waals surface area contributed by atoms with Crippen molar-refractivity contribution < 1.29 is 4.39 Å². The van der Waals surface area contributed by atoms with Crippen LogP contribution in [0, 0.1) is 26.6 Å². The third-order valence-corrected chi connectivity index (χ3v) is 4.30. The van der Waals surface area contributed by atoms with Crippen molar-refractivity contribution in [2.24, 2.45) is 0 Å². The summed E-state index contributed by atoms with van der Waals surface area (Å²) in [5.74, 6) is -0.166. The van der Waals surface area contributed by atoms with Gasteiger partial charge in [-0.05, 0) is 55.7 Å². The molecule has 0 saturated carbocycles. The SMILES string of the molecule is Cc1ccc(F)cc1CNCc1cc(C)c(C)s1. The molecule has 1 aromatic heterocycles. The van der Waals surface area contributed by atoms with E-state index in [-0.39, 0.29) is 5.82 Å². The van der Waals surface area contributed by atoms with E-state index in [0.29, 0.717) is 6.54 Å². The molecule has 96 valence electrons. The van der Waals surface area contributed by atoms with Gasteiger partial charge in [0, 0.05) is 22.8 Å². The van der Waals surface area contributed by atoms with Gasteiger partial charge in [-0.25, -0.2) is 4.39 Å². The van der Waals surface area contributed by atoms with Crippen molar-refractivity contribution in [3.8, 4) is 0 Å². The maximum atomic E-state index is 13.1. The normalized spacial score (nSPS) is 10.9. The number of benzene rings is 1. The van der Waals surface area contributed by atoms with Crippen LogP contribution in [0.4, 0.5) is 4.39 Å². The van der Waals surface area contributed by atoms with Crippen molar-refractivity contribution >= 4 is 11.3 Å². The number of halogens is 1. The van der Waals surface area contributed by atoms with Gasteiger partial charge in [-0.3, -0.25) is 0 Å². The Morgan fingerprint density at radius 3 is 2.50 bits per heavy atom. The summed E-state index contributed by atoms with van der Waals surface area (Å²) >= 11 is 1.82. The van der Waals surface area contributed by atoms with Crippen LogP contribution in [0.5, 0.6) is 0 Å². The summed E-state index contributed by atoms with van der Waals surface area (Å²) in [4.78, 5) is 2.70. The predicted octanol–water partition coefficient (Wildman–Crippen LogP) is 4.10. The van der Waals surface area contributed by atoms with E-state index in [1.165, 1.54) is 21.4 Å². The molecule has 0 saturated heterocycles. The van der Waals surface area contributed by atoms with Crippen LogP contribution in [0.2, 0.25) is 0 Å². The summed E-state index contributed by atoms with van der Waals surface area (Å²) < 4.78 is 13.1. The first-order chi connectivity index (χ1) is 8.56. The van der Waals surface area contributed by atoms with Crippen molar-refractivity contribution in [1.82, 2.24) is 5.32 Å². The molecule has 0 atom stereocenters. The molecule has 0 unspecified atom stereocenters. The molecule has 3 heteroatoms. The Labute approximate surface area is 112 Å². The topological polar surface area (TPSA) is 12.0 Å². The van der Waals surface area contributed by atoms with Gasteiger partial charge >= 0.3 is 0 Å². The number of thiophene rings is 1. The van der Waals surface area contributed by atoms with Crippen LogP contribution in [-0.2, 0) is 13.1 Å². The van der Waals surface area contributed by atoms with Gasteiger partial charge in [0.05, 0.1) is 0 Å². The van der Waals surface area contributed by atoms with Gasteiger partial charge in [0.1, 0.15) is 5.82 Å². The second kappa shape index (κ2) is 5.63. The Balaban J connectivity index is 1.94. The van der Waals surface area contributed by atoms with Crippen LogP contribution in [0.3, 0.4) is 0 Å². The first-order valence-electron chi connectivity index (χ1n) is 6.08. The molecule has 0 aliphatic rings. The summed E-state index contributed by atoms with van der Waals surface area (Å²) in [5.41, 5.74) is 3.50. The molecular formula is C15H18FNS. The standard InChI is InChI=1S/C15H18FNS/c1-10-4-5-14(16)7-13(10)8-17-9-15-6-11(2)12(3)18-15/h4-7,17H,8-9H2,1-3H3. The van der Waals surface area contributed by atoms with Gasteiger partial charge in [0.15, 0.2) is 0 Å². The van der Waals surface area contributed by atoms with E-state index in [1.54, 1.807) is 6.07 Å². The van der Waals surface area contributed by atoms with Crippen LogP contribution in [0.1, 0.15) is 26.4 Å². The molecule has 0 spiro atoms. The Morgan fingerprint density at radius 1 is 1.06 bits per heavy atom. The molecule has 0 amide bonds. The highest BCUT2D eigenvalue weighted by molar-refractivity contribution is 7.12. The fourth-order valence-electron chi connectivity index (χ4n) is 1.89. The fourth-order valence-corrected chi connectivity index (χ4v) is 2.91. The Bertz CT molecular complexity index is 526. The van der Waals surface area contributed by atoms with E-state index < -0.39 is 0 Å². The molecule has 2 aromatic rings. The largest absolute Gasteiger partial charge is 0.308 e. The van der Waals surface area contributed by atoms with E-state index in [0.717, 1.165) is 17.7 Å². The van der Waals surface area contributed by atoms with Crippen LogP contribution >= 0.6 is 11.3 Å². The van der Waals surface area contributed by atoms with E-state index in [9.17, 15) is 4.39 Å². The highest BCUT2D eigenvalue weighted by Gasteiger charge is 2.03. The second-order valence-electron chi connectivity index (χ2n) is 4.63. The number of nitrogens with one attached hydrogen (secondary N) is 1. The summed E-state index contributed by atoms with van der Waals surface area (Å²) in [6.07, 6.45) is 0. The fraction of sp³-hybridized carbons (Fsp3) is 0.333. The van der Waals surface area contributed by atoms with Crippen molar-refractivity contribution in [2.45, 2.75) is 33.9 Å². The Morgan fingerprint density at radius 2 is 1.83 bits per heavy atom. The molecule has 1 aromatic carbocycles. The number of hydrogen-bond donors (Lipinski definition) is 1. The summed E-state index contributed by atoms with van der Waals surface area (Å²) in [7, 11) is 0. The Hall–Kier alpha value is -1.19. The average molecular weight is 263 g/mol. The van der Waals surface area contributed by atoms with Gasteiger partial charge in [0.2, 0.25) is 0 Å². The van der Waals surface area contributed by atoms with Crippen molar-refractivity contribution in [3.05, 3.63) is 56.5 Å². The third kappa shape index (κ3) is 3.18. The molecule has 1 heterocycles. The molecule has 2 rings (SSSR count). The smallest absolute Gasteiger partial charge is 0.123 e. The summed E-state index contributed by atoms with van der Waals surface area (Å²) in [6.45, 7) is 7.83. The van der Waals surface area contributed by atoms with Gasteiger partial charge in [-0.15, -0.1) is 11.3 Å². The quantitative estimate of drug-likeness (QED) is 0.875. The molecule has 0 bridgehead atoms. The lowest BCUT2D eigenvalue weighted by atomic mass is 10.1. The Kier molecular flexibility index (Phi) is 4.15. The zero-order chi connectivity index (χ0) is 13.1. The zero-order valence-corrected chi connectivity index (χ0v) is 11.8. The summed E-state index contributed by atoms with van der Waals surface area (Å²) in [6, 6.07) is 7.15. The molecule has 18 heavy (non-hydrogen) atoms. The zero-order valence-electron chi connectivity index (χ0n) is 11.0. The number of hydrogen-bond acceptors (Lipinski definition) is 2. The van der Waals surface area contributed by atoms with Crippen molar-refractivity contribution in [1.29, 1.82) is 0 Å². The van der Waals surface area contributed by atoms with Crippen molar-refractivity contribution in [2.75, 3.05) is 0 Å². The van der Waals surface area contributed by atoms with E-state index in [2.05, 4.69) is 25.2 Å². The minimum Gasteiger partial charge on any atom is -0.308 e. The number of aryl methyl sites for hydroxylation is 3. The van der Waals surface area contributed by atoms with E-state index in [1.807, 2.05) is 24.3 Å². The van der Waals surface area contributed by atoms with Crippen LogP contribution in [-0.4, -0.2) is 0 Å². The van der Waals surface area contributed by atoms with Gasteiger partial charge in [-0.2, -0.15) is 0 Å². The lowest BCUT2D eigenvalue weighted by Gasteiger charge is -2.07. The maximum absolute atomic E-state index is 13.1. The van der Waals surface area contributed by atoms with Gasteiger partial charge in [0.25, 0.3) is 0 Å². The van der Waals surface area contributed by atoms with E-state index in [4.69, 9.17) is 0 Å². The van der Waals surface area contributed by atoms with Crippen molar-refractivity contribution in [3.63, 3.8) is 0 Å². The van der Waals surface area contributed by atoms with E-state index >= 15 is 0 Å². The molecule has 1 N–H and O–H groups in total. The third-order valence-electron chi connectivity index (χ3n) is 3.14. The summed E-state index contributed by atoms with van der Waals surface area (Å²) in [5, 5.41) is 3.37. The highest BCUT2D eigenvalue weighted by Crippen LogP contribution is 2.20.